The van der Waals surface area contributed by atoms with Crippen LogP contribution in [0.3, 0.4) is 0 Å². The summed E-state index contributed by atoms with van der Waals surface area (Å²) >= 11 is 0. The van der Waals surface area contributed by atoms with E-state index in [0.29, 0.717) is 22.1 Å². The fourth-order valence-corrected chi connectivity index (χ4v) is 3.44. The zero-order valence-corrected chi connectivity index (χ0v) is 14.3. The maximum absolute atomic E-state index is 13.0. The second-order valence-corrected chi connectivity index (χ2v) is 7.12. The molecule has 2 rings (SSSR count). The Kier molecular flexibility index (Phi) is 5.57. The minimum Gasteiger partial charge on any atom is -0.490 e. The molecule has 0 atom stereocenters. The van der Waals surface area contributed by atoms with E-state index in [-0.39, 0.29) is 12.2 Å². The van der Waals surface area contributed by atoms with Crippen LogP contribution in [0.2, 0.25) is 0 Å². The lowest BCUT2D eigenvalue weighted by atomic mass is 10.3. The van der Waals surface area contributed by atoms with E-state index in [1.54, 1.807) is 0 Å². The Morgan fingerprint density at radius 2 is 1.09 bits per heavy atom. The van der Waals surface area contributed by atoms with Gasteiger partial charge in [-0.1, -0.05) is 24.3 Å². The summed E-state index contributed by atoms with van der Waals surface area (Å²) in [5.41, 5.74) is 0. The molecule has 2 aromatic carbocycles. The molecule has 22 heavy (non-hydrogen) atoms. The standard InChI is InChI=1S/C18H22O3P/c1-13(2)20-15-9-5-7-11-17(15)22(19)18-12-8-6-10-16(18)21-14(3)4/h5-14H,1-4H3. The Balaban J connectivity index is 2.41. The van der Waals surface area contributed by atoms with E-state index < -0.39 is 7.80 Å². The van der Waals surface area contributed by atoms with Gasteiger partial charge in [-0.05, 0) is 52.0 Å². The third-order valence-corrected chi connectivity index (χ3v) is 4.51. The molecule has 0 aliphatic carbocycles. The molecule has 0 bridgehead atoms. The average molecular weight is 317 g/mol. The predicted octanol–water partition coefficient (Wildman–Crippen LogP) is 4.04. The van der Waals surface area contributed by atoms with Crippen LogP contribution in [0.25, 0.3) is 0 Å². The highest BCUT2D eigenvalue weighted by Gasteiger charge is 2.18. The smallest absolute Gasteiger partial charge is 0.144 e. The summed E-state index contributed by atoms with van der Waals surface area (Å²) in [6, 6.07) is 14.9. The van der Waals surface area contributed by atoms with Crippen LogP contribution >= 0.6 is 7.80 Å². The van der Waals surface area contributed by atoms with Gasteiger partial charge in [-0.15, -0.1) is 0 Å². The predicted molar refractivity (Wildman–Crippen MR) is 91.3 cm³/mol. The molecule has 0 aliphatic rings. The maximum Gasteiger partial charge on any atom is 0.144 e. The van der Waals surface area contributed by atoms with E-state index in [1.807, 2.05) is 76.2 Å². The second kappa shape index (κ2) is 7.42. The van der Waals surface area contributed by atoms with Gasteiger partial charge in [0.05, 0.1) is 22.8 Å². The summed E-state index contributed by atoms with van der Waals surface area (Å²) in [6.45, 7) is 7.83. The van der Waals surface area contributed by atoms with Crippen molar-refractivity contribution in [1.82, 2.24) is 0 Å². The van der Waals surface area contributed by atoms with Crippen molar-refractivity contribution in [2.75, 3.05) is 0 Å². The van der Waals surface area contributed by atoms with Crippen LogP contribution in [-0.4, -0.2) is 12.2 Å². The lowest BCUT2D eigenvalue weighted by Gasteiger charge is -2.16. The normalized spacial score (nSPS) is 10.8. The lowest BCUT2D eigenvalue weighted by Crippen LogP contribution is -2.17. The van der Waals surface area contributed by atoms with Crippen LogP contribution in [0.1, 0.15) is 27.7 Å². The monoisotopic (exact) mass is 317 g/mol. The van der Waals surface area contributed by atoms with E-state index >= 15 is 0 Å². The number of benzene rings is 2. The Hall–Kier alpha value is -1.86. The maximum atomic E-state index is 13.0. The van der Waals surface area contributed by atoms with E-state index in [4.69, 9.17) is 9.47 Å². The Bertz CT molecular complexity index is 595. The zero-order valence-electron chi connectivity index (χ0n) is 13.4. The SMILES string of the molecule is CC(C)Oc1ccccc1[P](=O)c1ccccc1OC(C)C. The van der Waals surface area contributed by atoms with Crippen LogP contribution in [0, 0.1) is 0 Å². The first-order valence-corrected chi connectivity index (χ1v) is 8.73. The van der Waals surface area contributed by atoms with E-state index in [1.165, 1.54) is 0 Å². The molecular weight excluding hydrogens is 295 g/mol. The molecule has 117 valence electrons. The third-order valence-electron chi connectivity index (χ3n) is 2.89. The van der Waals surface area contributed by atoms with Gasteiger partial charge >= 0.3 is 0 Å². The number of ether oxygens (including phenoxy) is 2. The first kappa shape index (κ1) is 16.5. The van der Waals surface area contributed by atoms with Gasteiger partial charge in [0.25, 0.3) is 0 Å². The molecule has 0 unspecified atom stereocenters. The molecular formula is C18H22O3P. The molecule has 0 heterocycles. The molecule has 4 heteroatoms. The largest absolute Gasteiger partial charge is 0.490 e. The van der Waals surface area contributed by atoms with Crippen LogP contribution in [0.5, 0.6) is 11.5 Å². The van der Waals surface area contributed by atoms with Gasteiger partial charge in [0.2, 0.25) is 0 Å². The lowest BCUT2D eigenvalue weighted by molar-refractivity contribution is 0.244. The highest BCUT2D eigenvalue weighted by molar-refractivity contribution is 7.62. The van der Waals surface area contributed by atoms with Crippen molar-refractivity contribution < 1.29 is 14.0 Å². The summed E-state index contributed by atoms with van der Waals surface area (Å²) in [6.07, 6.45) is 0.0680. The molecule has 0 spiro atoms. The van der Waals surface area contributed by atoms with Crippen molar-refractivity contribution in [2.24, 2.45) is 0 Å². The Labute approximate surface area is 133 Å². The third kappa shape index (κ3) is 4.08. The van der Waals surface area contributed by atoms with Gasteiger partial charge < -0.3 is 9.47 Å². The van der Waals surface area contributed by atoms with E-state index in [2.05, 4.69) is 0 Å². The molecule has 0 amide bonds. The highest BCUT2D eigenvalue weighted by Crippen LogP contribution is 2.30. The quantitative estimate of drug-likeness (QED) is 0.754. The first-order chi connectivity index (χ1) is 10.5. The van der Waals surface area contributed by atoms with E-state index in [9.17, 15) is 4.57 Å². The Morgan fingerprint density at radius 3 is 1.45 bits per heavy atom. The number of rotatable bonds is 6. The van der Waals surface area contributed by atoms with Gasteiger partial charge in [-0.2, -0.15) is 0 Å². The molecule has 0 N–H and O–H groups in total. The summed E-state index contributed by atoms with van der Waals surface area (Å²) in [4.78, 5) is 0. The minimum absolute atomic E-state index is 0.0340. The van der Waals surface area contributed by atoms with Crippen LogP contribution < -0.4 is 20.1 Å². The summed E-state index contributed by atoms with van der Waals surface area (Å²) in [5, 5.41) is 1.40. The van der Waals surface area contributed by atoms with Gasteiger partial charge in [0.1, 0.15) is 19.3 Å². The molecule has 0 saturated carbocycles. The summed E-state index contributed by atoms with van der Waals surface area (Å²) in [7, 11) is -1.77. The fraction of sp³-hybridized carbons (Fsp3) is 0.333. The van der Waals surface area contributed by atoms with Crippen molar-refractivity contribution >= 4 is 18.4 Å². The van der Waals surface area contributed by atoms with Gasteiger partial charge in [-0.3, -0.25) is 4.57 Å². The number of hydrogen-bond acceptors (Lipinski definition) is 3. The van der Waals surface area contributed by atoms with Crippen molar-refractivity contribution in [2.45, 2.75) is 39.9 Å². The molecule has 0 saturated heterocycles. The molecule has 0 aliphatic heterocycles. The molecule has 1 radical (unpaired) electrons. The van der Waals surface area contributed by atoms with Crippen molar-refractivity contribution in [1.29, 1.82) is 0 Å². The highest BCUT2D eigenvalue weighted by atomic mass is 31.1. The number of para-hydroxylation sites is 2. The van der Waals surface area contributed by atoms with Crippen molar-refractivity contribution in [3.8, 4) is 11.5 Å². The minimum atomic E-state index is -1.77. The van der Waals surface area contributed by atoms with Gasteiger partial charge in [0, 0.05) is 0 Å². The van der Waals surface area contributed by atoms with Gasteiger partial charge in [-0.25, -0.2) is 0 Å². The zero-order chi connectivity index (χ0) is 16.1. The van der Waals surface area contributed by atoms with Crippen molar-refractivity contribution in [3.63, 3.8) is 0 Å². The molecule has 0 aromatic heterocycles. The van der Waals surface area contributed by atoms with E-state index in [0.717, 1.165) is 0 Å². The van der Waals surface area contributed by atoms with Crippen LogP contribution in [0.15, 0.2) is 48.5 Å². The molecule has 0 fully saturated rings. The van der Waals surface area contributed by atoms with Crippen molar-refractivity contribution in [3.05, 3.63) is 48.5 Å². The molecule has 2 aromatic rings. The van der Waals surface area contributed by atoms with Crippen LogP contribution in [0.4, 0.5) is 0 Å². The summed E-state index contributed by atoms with van der Waals surface area (Å²) in [5.74, 6) is 1.33. The first-order valence-electron chi connectivity index (χ1n) is 7.47. The number of hydrogen-bond donors (Lipinski definition) is 0. The van der Waals surface area contributed by atoms with Gasteiger partial charge in [0.15, 0.2) is 0 Å². The second-order valence-electron chi connectivity index (χ2n) is 5.56. The summed E-state index contributed by atoms with van der Waals surface area (Å²) < 4.78 is 24.6. The molecule has 3 nitrogen and oxygen atoms in total. The Morgan fingerprint density at radius 1 is 0.727 bits per heavy atom. The van der Waals surface area contributed by atoms with Crippen LogP contribution in [-0.2, 0) is 4.57 Å². The topological polar surface area (TPSA) is 35.5 Å². The fourth-order valence-electron chi connectivity index (χ4n) is 2.09. The average Bonchev–Trinajstić information content (AvgIpc) is 2.46.